The topological polar surface area (TPSA) is 196 Å². The molecule has 4 N–H and O–H groups in total. The molecule has 1 amide bonds. The predicted molar refractivity (Wildman–Crippen MR) is 198 cm³/mol. The lowest BCUT2D eigenvalue weighted by atomic mass is 9.99. The van der Waals surface area contributed by atoms with Gasteiger partial charge in [-0.2, -0.15) is 18.4 Å². The highest BCUT2D eigenvalue weighted by Gasteiger charge is 2.34. The molecule has 9 rings (SSSR count). The number of ether oxygens (including phenoxy) is 1. The summed E-state index contributed by atoms with van der Waals surface area (Å²) in [4.78, 5) is 37.3. The second kappa shape index (κ2) is 13.0. The number of nitrogens with one attached hydrogen (secondary N) is 2. The van der Waals surface area contributed by atoms with E-state index in [9.17, 15) is 13.2 Å². The standard InChI is InChI=1S/C37H32FN11O4S/c1-2-20-4-3-5-28-31(20)26(14-29(39)44-28)33-32(38)34-27(15-40-33)36(48-16-23-8-9-24(17-48)42-23)46-37(45-34)53-18-30(50)43-22-10-12-25(13-11-22)54(51,52)49-19-41-35(47-49)21-6-7-21/h1,3-5,10-15,19,21,23-24,42H,6-9,16-18H2,(H2,39,44)(H,43,50)/t23-,24+. The number of benzene rings is 2. The Labute approximate surface area is 308 Å². The Morgan fingerprint density at radius 1 is 1.06 bits per heavy atom. The van der Waals surface area contributed by atoms with Crippen LogP contribution in [-0.2, 0) is 14.8 Å². The molecule has 1 saturated carbocycles. The van der Waals surface area contributed by atoms with E-state index in [0.29, 0.717) is 57.8 Å². The summed E-state index contributed by atoms with van der Waals surface area (Å²) in [7, 11) is -3.96. The quantitative estimate of drug-likeness (QED) is 0.182. The minimum atomic E-state index is -3.96. The largest absolute Gasteiger partial charge is 0.453 e. The Kier molecular flexibility index (Phi) is 8.08. The molecule has 3 aliphatic rings. The van der Waals surface area contributed by atoms with E-state index < -0.39 is 28.4 Å². The Bertz CT molecular complexity index is 2630. The summed E-state index contributed by atoms with van der Waals surface area (Å²) in [5, 5.41) is 11.3. The molecule has 6 heterocycles. The fourth-order valence-electron chi connectivity index (χ4n) is 7.15. The maximum Gasteiger partial charge on any atom is 0.319 e. The van der Waals surface area contributed by atoms with Gasteiger partial charge in [-0.25, -0.2) is 14.4 Å². The van der Waals surface area contributed by atoms with E-state index in [4.69, 9.17) is 16.9 Å². The lowest BCUT2D eigenvalue weighted by molar-refractivity contribution is -0.118. The number of nitrogens with zero attached hydrogens (tertiary/aromatic N) is 8. The second-order valence-electron chi connectivity index (χ2n) is 13.6. The van der Waals surface area contributed by atoms with E-state index in [0.717, 1.165) is 29.8 Å². The number of nitrogen functional groups attached to an aromatic ring is 1. The first-order valence-corrected chi connectivity index (χ1v) is 18.8. The van der Waals surface area contributed by atoms with Crippen molar-refractivity contribution in [1.82, 2.24) is 39.4 Å². The highest BCUT2D eigenvalue weighted by Crippen LogP contribution is 2.39. The number of rotatable bonds is 9. The smallest absolute Gasteiger partial charge is 0.319 e. The Balaban J connectivity index is 1.00. The van der Waals surface area contributed by atoms with Gasteiger partial charge in [-0.05, 0) is 68.1 Å². The number of amides is 1. The number of nitrogens with two attached hydrogens (primary N) is 1. The number of fused-ring (bicyclic) bond motifs is 4. The minimum Gasteiger partial charge on any atom is -0.453 e. The summed E-state index contributed by atoms with van der Waals surface area (Å²) in [6.07, 6.45) is 12.4. The van der Waals surface area contributed by atoms with Crippen LogP contribution < -0.4 is 26.0 Å². The van der Waals surface area contributed by atoms with E-state index >= 15 is 4.39 Å². The minimum absolute atomic E-state index is 0.0173. The maximum atomic E-state index is 16.8. The molecule has 3 fully saturated rings. The van der Waals surface area contributed by atoms with Crippen molar-refractivity contribution in [3.63, 3.8) is 0 Å². The van der Waals surface area contributed by atoms with Crippen LogP contribution in [0.4, 0.5) is 21.7 Å². The first kappa shape index (κ1) is 33.6. The number of hydrogen-bond acceptors (Lipinski definition) is 13. The van der Waals surface area contributed by atoms with Crippen molar-refractivity contribution < 1.29 is 22.3 Å². The van der Waals surface area contributed by atoms with E-state index in [2.05, 4.69) is 51.5 Å². The predicted octanol–water partition coefficient (Wildman–Crippen LogP) is 3.61. The number of aromatic nitrogens is 7. The molecule has 2 aliphatic heterocycles. The normalized spacial score (nSPS) is 18.2. The fourth-order valence-corrected chi connectivity index (χ4v) is 8.21. The van der Waals surface area contributed by atoms with E-state index in [-0.39, 0.29) is 45.9 Å². The molecule has 2 aromatic carbocycles. The van der Waals surface area contributed by atoms with Gasteiger partial charge < -0.3 is 26.0 Å². The molecule has 0 unspecified atom stereocenters. The molecule has 0 spiro atoms. The molecule has 2 saturated heterocycles. The average Bonchev–Trinajstić information content (AvgIpc) is 3.80. The van der Waals surface area contributed by atoms with Gasteiger partial charge in [-0.3, -0.25) is 9.78 Å². The van der Waals surface area contributed by atoms with E-state index in [1.165, 1.54) is 42.9 Å². The van der Waals surface area contributed by atoms with Crippen LogP contribution in [-0.4, -0.2) is 80.2 Å². The molecule has 17 heteroatoms. The van der Waals surface area contributed by atoms with Crippen LogP contribution in [0.3, 0.4) is 0 Å². The van der Waals surface area contributed by atoms with Crippen molar-refractivity contribution in [2.45, 2.75) is 48.6 Å². The molecular weight excluding hydrogens is 714 g/mol. The lowest BCUT2D eigenvalue weighted by Gasteiger charge is -2.34. The van der Waals surface area contributed by atoms with Crippen LogP contribution in [0.1, 0.15) is 43.0 Å². The first-order valence-electron chi connectivity index (χ1n) is 17.4. The zero-order valence-electron chi connectivity index (χ0n) is 28.6. The molecule has 2 bridgehead atoms. The number of piperazine rings is 1. The number of carbonyl (C=O) groups is 1. The van der Waals surface area contributed by atoms with Crippen molar-refractivity contribution in [3.8, 4) is 29.6 Å². The number of terminal acetylenes is 1. The van der Waals surface area contributed by atoms with Crippen LogP contribution in [0.25, 0.3) is 33.1 Å². The summed E-state index contributed by atoms with van der Waals surface area (Å²) in [6.45, 7) is 0.748. The Morgan fingerprint density at radius 3 is 2.57 bits per heavy atom. The van der Waals surface area contributed by atoms with Gasteiger partial charge >= 0.3 is 6.01 Å². The van der Waals surface area contributed by atoms with Crippen molar-refractivity contribution in [1.29, 1.82) is 0 Å². The van der Waals surface area contributed by atoms with Crippen LogP contribution in [0.2, 0.25) is 0 Å². The summed E-state index contributed by atoms with van der Waals surface area (Å²) in [5.74, 6) is 2.63. The summed E-state index contributed by atoms with van der Waals surface area (Å²) in [6, 6.07) is 12.7. The van der Waals surface area contributed by atoms with Gasteiger partial charge in [0.2, 0.25) is 0 Å². The van der Waals surface area contributed by atoms with Crippen LogP contribution in [0.5, 0.6) is 6.01 Å². The average molecular weight is 746 g/mol. The molecular formula is C37H32FN11O4S. The first-order chi connectivity index (χ1) is 26.1. The highest BCUT2D eigenvalue weighted by atomic mass is 32.2. The number of pyridine rings is 2. The molecule has 6 aromatic rings. The van der Waals surface area contributed by atoms with Gasteiger partial charge in [0.15, 0.2) is 18.2 Å². The number of anilines is 3. The summed E-state index contributed by atoms with van der Waals surface area (Å²) in [5.41, 5.74) is 7.73. The van der Waals surface area contributed by atoms with Gasteiger partial charge in [0.1, 0.15) is 29.2 Å². The Morgan fingerprint density at radius 2 is 1.83 bits per heavy atom. The Hall–Kier alpha value is -6.25. The molecule has 272 valence electrons. The summed E-state index contributed by atoms with van der Waals surface area (Å²) >= 11 is 0. The highest BCUT2D eigenvalue weighted by molar-refractivity contribution is 7.89. The van der Waals surface area contributed by atoms with Crippen LogP contribution in [0.15, 0.2) is 66.0 Å². The van der Waals surface area contributed by atoms with Gasteiger partial charge in [0.25, 0.3) is 15.9 Å². The zero-order chi connectivity index (χ0) is 37.1. The van der Waals surface area contributed by atoms with Crippen LogP contribution in [0, 0.1) is 18.2 Å². The van der Waals surface area contributed by atoms with Gasteiger partial charge in [0, 0.05) is 59.5 Å². The molecule has 2 atom stereocenters. The van der Waals surface area contributed by atoms with Gasteiger partial charge in [-0.1, -0.05) is 12.0 Å². The zero-order valence-corrected chi connectivity index (χ0v) is 29.4. The molecule has 0 radical (unpaired) electrons. The van der Waals surface area contributed by atoms with E-state index in [1.54, 1.807) is 18.2 Å². The number of carbonyl (C=O) groups excluding carboxylic acids is 1. The van der Waals surface area contributed by atoms with Gasteiger partial charge in [-0.15, -0.1) is 15.6 Å². The second-order valence-corrected chi connectivity index (χ2v) is 15.4. The fraction of sp³-hybridized carbons (Fsp3) is 0.270. The third-order valence-corrected chi connectivity index (χ3v) is 11.4. The monoisotopic (exact) mass is 745 g/mol. The van der Waals surface area contributed by atoms with Crippen molar-refractivity contribution in [2.75, 3.05) is 35.6 Å². The third kappa shape index (κ3) is 6.08. The molecule has 4 aromatic heterocycles. The van der Waals surface area contributed by atoms with Gasteiger partial charge in [0.05, 0.1) is 15.8 Å². The SMILES string of the molecule is C#Cc1cccc2nc(N)cc(-c3ncc4c(N5C[C@H]6CC[C@@H](C5)N6)nc(OCC(=O)Nc5ccc(S(=O)(=O)n6cnc(C7CC7)n6)cc5)nc4c3F)c12. The summed E-state index contributed by atoms with van der Waals surface area (Å²) < 4.78 is 49.6. The molecule has 1 aliphatic carbocycles. The third-order valence-electron chi connectivity index (χ3n) is 9.87. The van der Waals surface area contributed by atoms with Crippen molar-refractivity contribution >= 4 is 55.1 Å². The maximum absolute atomic E-state index is 16.8. The number of halogens is 1. The van der Waals surface area contributed by atoms with E-state index in [1.807, 2.05) is 0 Å². The van der Waals surface area contributed by atoms with Crippen LogP contribution >= 0.6 is 0 Å². The number of hydrogen-bond donors (Lipinski definition) is 3. The molecule has 15 nitrogen and oxygen atoms in total. The van der Waals surface area contributed by atoms with Crippen molar-refractivity contribution in [3.05, 3.63) is 78.3 Å². The molecule has 54 heavy (non-hydrogen) atoms. The lowest BCUT2D eigenvalue weighted by Crippen LogP contribution is -2.51. The van der Waals surface area contributed by atoms with Crippen molar-refractivity contribution in [2.24, 2.45) is 0 Å².